The van der Waals surface area contributed by atoms with Gasteiger partial charge in [-0.1, -0.05) is 55.8 Å². The summed E-state index contributed by atoms with van der Waals surface area (Å²) < 4.78 is 7.33. The summed E-state index contributed by atoms with van der Waals surface area (Å²) >= 11 is 0. The van der Waals surface area contributed by atoms with Gasteiger partial charge in [0, 0.05) is 17.3 Å². The number of aliphatic carboxylic acids is 1. The Hall–Kier alpha value is -3.54. The zero-order chi connectivity index (χ0) is 21.5. The number of hydrogen-bond donors (Lipinski definition) is 2. The molecule has 3 rings (SSSR count). The Morgan fingerprint density at radius 2 is 1.77 bits per heavy atom. The molecule has 2 N–H and O–H groups in total. The summed E-state index contributed by atoms with van der Waals surface area (Å²) in [6, 6.07) is 18.6. The van der Waals surface area contributed by atoms with E-state index in [0.29, 0.717) is 24.3 Å². The fraction of sp³-hybridized carbons (Fsp3) is 0.250. The molecule has 0 spiro atoms. The number of hydrogen-bond acceptors (Lipinski definition) is 4. The zero-order valence-corrected chi connectivity index (χ0v) is 16.8. The van der Waals surface area contributed by atoms with Crippen LogP contribution in [0.3, 0.4) is 0 Å². The second kappa shape index (κ2) is 9.78. The van der Waals surface area contributed by atoms with Crippen molar-refractivity contribution in [2.75, 3.05) is 0 Å². The highest BCUT2D eigenvalue weighted by molar-refractivity contribution is 5.74. The van der Waals surface area contributed by atoms with E-state index >= 15 is 0 Å². The van der Waals surface area contributed by atoms with Crippen molar-refractivity contribution in [2.24, 2.45) is 0 Å². The molecular weight excluding hydrogens is 382 g/mol. The number of unbranched alkanes of at least 4 members (excludes halogenated alkanes) is 1. The molecule has 2 aromatic carbocycles. The minimum atomic E-state index is -1.10. The number of rotatable bonds is 9. The monoisotopic (exact) mass is 407 g/mol. The lowest BCUT2D eigenvalue weighted by Crippen LogP contribution is -2.23. The van der Waals surface area contributed by atoms with Crippen molar-refractivity contribution in [1.29, 1.82) is 0 Å². The van der Waals surface area contributed by atoms with Crippen LogP contribution < -0.4 is 10.3 Å². The van der Waals surface area contributed by atoms with Crippen molar-refractivity contribution in [2.45, 2.75) is 38.8 Å². The predicted octanol–water partition coefficient (Wildman–Crippen LogP) is 4.15. The molecule has 0 amide bonds. The fourth-order valence-corrected chi connectivity index (χ4v) is 3.26. The average Bonchev–Trinajstić information content (AvgIpc) is 2.74. The van der Waals surface area contributed by atoms with Gasteiger partial charge in [-0.15, -0.1) is 0 Å². The molecule has 1 atom stereocenters. The summed E-state index contributed by atoms with van der Waals surface area (Å²) in [5.41, 5.74) is 1.97. The Bertz CT molecular complexity index is 1040. The zero-order valence-electron chi connectivity index (χ0n) is 16.8. The van der Waals surface area contributed by atoms with Crippen molar-refractivity contribution in [3.05, 3.63) is 93.9 Å². The molecule has 156 valence electrons. The topological polar surface area (TPSA) is 88.8 Å². The van der Waals surface area contributed by atoms with Crippen LogP contribution in [0, 0.1) is 0 Å². The van der Waals surface area contributed by atoms with Crippen LogP contribution in [0.15, 0.2) is 71.5 Å². The van der Waals surface area contributed by atoms with Crippen molar-refractivity contribution in [3.63, 3.8) is 0 Å². The van der Waals surface area contributed by atoms with E-state index in [1.54, 1.807) is 47.0 Å². The standard InChI is InChI=1S/C24H25NO5/c1-2-3-9-19-14-20(26)15-22(27)25(19)16-17-10-12-21(13-11-17)30-23(24(28)29)18-7-5-4-6-8-18/h4-8,10-15,23,26H,2-3,9,16H2,1H3,(H,28,29). The molecule has 1 unspecified atom stereocenters. The lowest BCUT2D eigenvalue weighted by atomic mass is 10.1. The van der Waals surface area contributed by atoms with Crippen LogP contribution in [0.1, 0.15) is 42.7 Å². The molecule has 0 saturated carbocycles. The molecular formula is C24H25NO5. The molecule has 0 bridgehead atoms. The fourth-order valence-electron chi connectivity index (χ4n) is 3.26. The molecule has 0 aliphatic rings. The molecule has 0 radical (unpaired) electrons. The molecule has 30 heavy (non-hydrogen) atoms. The molecule has 6 nitrogen and oxygen atoms in total. The first-order chi connectivity index (χ1) is 14.5. The van der Waals surface area contributed by atoms with Crippen LogP contribution >= 0.6 is 0 Å². The van der Waals surface area contributed by atoms with Crippen LogP contribution in [-0.2, 0) is 17.8 Å². The van der Waals surface area contributed by atoms with Gasteiger partial charge in [0.1, 0.15) is 11.5 Å². The summed E-state index contributed by atoms with van der Waals surface area (Å²) in [6.45, 7) is 2.43. The van der Waals surface area contributed by atoms with Gasteiger partial charge >= 0.3 is 5.97 Å². The molecule has 3 aromatic rings. The van der Waals surface area contributed by atoms with Crippen molar-refractivity contribution >= 4 is 5.97 Å². The lowest BCUT2D eigenvalue weighted by Gasteiger charge is -2.16. The van der Waals surface area contributed by atoms with Crippen molar-refractivity contribution in [3.8, 4) is 11.5 Å². The van der Waals surface area contributed by atoms with Crippen molar-refractivity contribution < 1.29 is 19.7 Å². The summed E-state index contributed by atoms with van der Waals surface area (Å²) in [4.78, 5) is 24.0. The van der Waals surface area contributed by atoms with Gasteiger partial charge in [-0.25, -0.2) is 4.79 Å². The van der Waals surface area contributed by atoms with Crippen LogP contribution in [0.2, 0.25) is 0 Å². The number of aromatic nitrogens is 1. The Labute approximate surface area is 175 Å². The number of ether oxygens (including phenoxy) is 1. The number of carboxylic acids is 1. The van der Waals surface area contributed by atoms with E-state index in [0.717, 1.165) is 24.1 Å². The Balaban J connectivity index is 1.78. The van der Waals surface area contributed by atoms with Gasteiger partial charge in [-0.05, 0) is 36.6 Å². The summed E-state index contributed by atoms with van der Waals surface area (Å²) in [5.74, 6) is -0.660. The van der Waals surface area contributed by atoms with Gasteiger partial charge in [-0.2, -0.15) is 0 Å². The number of nitrogens with zero attached hydrogens (tertiary/aromatic N) is 1. The predicted molar refractivity (Wildman–Crippen MR) is 114 cm³/mol. The van der Waals surface area contributed by atoms with E-state index in [2.05, 4.69) is 6.92 Å². The minimum Gasteiger partial charge on any atom is -0.508 e. The second-order valence-electron chi connectivity index (χ2n) is 7.12. The molecule has 6 heteroatoms. The smallest absolute Gasteiger partial charge is 0.349 e. The van der Waals surface area contributed by atoms with Crippen LogP contribution in [0.4, 0.5) is 0 Å². The molecule has 1 heterocycles. The lowest BCUT2D eigenvalue weighted by molar-refractivity contribution is -0.145. The average molecular weight is 407 g/mol. The summed E-state index contributed by atoms with van der Waals surface area (Å²) in [6.07, 6.45) is 1.52. The summed E-state index contributed by atoms with van der Waals surface area (Å²) in [7, 11) is 0. The van der Waals surface area contributed by atoms with Crippen LogP contribution in [0.5, 0.6) is 11.5 Å². The van der Waals surface area contributed by atoms with E-state index < -0.39 is 12.1 Å². The first-order valence-corrected chi connectivity index (χ1v) is 9.94. The van der Waals surface area contributed by atoms with Gasteiger partial charge in [0.25, 0.3) is 5.56 Å². The maximum absolute atomic E-state index is 12.4. The van der Waals surface area contributed by atoms with Gasteiger partial charge in [0.2, 0.25) is 6.10 Å². The Kier molecular flexibility index (Phi) is 6.91. The number of carbonyl (C=O) groups is 1. The van der Waals surface area contributed by atoms with E-state index in [1.165, 1.54) is 6.07 Å². The third-order valence-corrected chi connectivity index (χ3v) is 4.83. The first kappa shape index (κ1) is 21.2. The van der Waals surface area contributed by atoms with Gasteiger partial charge in [0.15, 0.2) is 0 Å². The third kappa shape index (κ3) is 5.29. The molecule has 0 fully saturated rings. The van der Waals surface area contributed by atoms with E-state index in [1.807, 2.05) is 18.2 Å². The summed E-state index contributed by atoms with van der Waals surface area (Å²) in [5, 5.41) is 19.3. The van der Waals surface area contributed by atoms with Crippen LogP contribution in [-0.4, -0.2) is 20.7 Å². The van der Waals surface area contributed by atoms with Gasteiger partial charge in [-0.3, -0.25) is 4.79 Å². The maximum atomic E-state index is 12.4. The highest BCUT2D eigenvalue weighted by Gasteiger charge is 2.21. The Morgan fingerprint density at radius 1 is 1.07 bits per heavy atom. The van der Waals surface area contributed by atoms with E-state index in [4.69, 9.17) is 4.74 Å². The van der Waals surface area contributed by atoms with E-state index in [9.17, 15) is 19.8 Å². The molecule has 1 aromatic heterocycles. The van der Waals surface area contributed by atoms with E-state index in [-0.39, 0.29) is 11.3 Å². The number of benzene rings is 2. The third-order valence-electron chi connectivity index (χ3n) is 4.83. The molecule has 0 saturated heterocycles. The SMILES string of the molecule is CCCCc1cc(O)cc(=O)n1Cc1ccc(OC(C(=O)O)c2ccccc2)cc1. The second-order valence-corrected chi connectivity index (χ2v) is 7.12. The number of pyridine rings is 1. The maximum Gasteiger partial charge on any atom is 0.349 e. The van der Waals surface area contributed by atoms with Gasteiger partial charge < -0.3 is 19.5 Å². The molecule has 0 aliphatic carbocycles. The Morgan fingerprint density at radius 3 is 2.40 bits per heavy atom. The quantitative estimate of drug-likeness (QED) is 0.556. The first-order valence-electron chi connectivity index (χ1n) is 9.94. The molecule has 0 aliphatic heterocycles. The normalized spacial score (nSPS) is 11.8. The highest BCUT2D eigenvalue weighted by Crippen LogP contribution is 2.23. The minimum absolute atomic E-state index is 0.0216. The number of aromatic hydroxyl groups is 1. The highest BCUT2D eigenvalue weighted by atomic mass is 16.5. The van der Waals surface area contributed by atoms with Gasteiger partial charge in [0.05, 0.1) is 6.54 Å². The largest absolute Gasteiger partial charge is 0.508 e. The number of carboxylic acid groups (broad SMARTS) is 1. The van der Waals surface area contributed by atoms with Crippen LogP contribution in [0.25, 0.3) is 0 Å². The number of aryl methyl sites for hydroxylation is 1. The van der Waals surface area contributed by atoms with Crippen molar-refractivity contribution in [1.82, 2.24) is 4.57 Å².